The summed E-state index contributed by atoms with van der Waals surface area (Å²) in [7, 11) is 0. The maximum absolute atomic E-state index is 5.92. The second-order valence-electron chi connectivity index (χ2n) is 5.44. The summed E-state index contributed by atoms with van der Waals surface area (Å²) in [5.74, 6) is 1.48. The second-order valence-corrected chi connectivity index (χ2v) is 7.00. The molecular formula is C14H20Br2O. The van der Waals surface area contributed by atoms with Crippen LogP contribution in [0.15, 0.2) is 22.7 Å². The standard InChI is InChI=1S/C14H20Br2O/c1-10-7-12(16)5-6-13(10)17-9-11(8-15)14(2,3)4/h5-7,11H,8-9H2,1-4H3. The van der Waals surface area contributed by atoms with Crippen molar-refractivity contribution in [2.24, 2.45) is 11.3 Å². The zero-order chi connectivity index (χ0) is 13.1. The Hall–Kier alpha value is -0.0200. The normalized spacial score (nSPS) is 13.5. The smallest absolute Gasteiger partial charge is 0.122 e. The fourth-order valence-electron chi connectivity index (χ4n) is 1.49. The summed E-state index contributed by atoms with van der Waals surface area (Å²) in [5, 5.41) is 0.964. The van der Waals surface area contributed by atoms with Crippen LogP contribution in [0.4, 0.5) is 0 Å². The van der Waals surface area contributed by atoms with E-state index in [1.165, 1.54) is 5.56 Å². The third kappa shape index (κ3) is 4.63. The molecule has 1 aromatic carbocycles. The first-order valence-corrected chi connectivity index (χ1v) is 7.71. The molecule has 1 aromatic rings. The van der Waals surface area contributed by atoms with E-state index in [4.69, 9.17) is 4.74 Å². The van der Waals surface area contributed by atoms with Crippen molar-refractivity contribution in [3.8, 4) is 5.75 Å². The lowest BCUT2D eigenvalue weighted by Crippen LogP contribution is -2.28. The summed E-state index contributed by atoms with van der Waals surface area (Å²) in [6.45, 7) is 9.56. The quantitative estimate of drug-likeness (QED) is 0.668. The lowest BCUT2D eigenvalue weighted by molar-refractivity contribution is 0.165. The van der Waals surface area contributed by atoms with E-state index in [0.717, 1.165) is 22.2 Å². The van der Waals surface area contributed by atoms with Gasteiger partial charge in [0, 0.05) is 15.7 Å². The monoisotopic (exact) mass is 362 g/mol. The fourth-order valence-corrected chi connectivity index (χ4v) is 3.12. The largest absolute Gasteiger partial charge is 0.493 e. The van der Waals surface area contributed by atoms with Gasteiger partial charge in [-0.2, -0.15) is 0 Å². The number of rotatable bonds is 4. The number of alkyl halides is 1. The summed E-state index contributed by atoms with van der Waals surface area (Å²) in [6.07, 6.45) is 0. The van der Waals surface area contributed by atoms with Crippen LogP contribution < -0.4 is 4.74 Å². The second kappa shape index (κ2) is 6.24. The summed E-state index contributed by atoms with van der Waals surface area (Å²) >= 11 is 7.03. The Bertz CT molecular complexity index is 369. The molecule has 0 spiro atoms. The minimum absolute atomic E-state index is 0.257. The Morgan fingerprint density at radius 3 is 2.41 bits per heavy atom. The minimum Gasteiger partial charge on any atom is -0.493 e. The number of hydrogen-bond acceptors (Lipinski definition) is 1. The average Bonchev–Trinajstić information content (AvgIpc) is 2.19. The molecule has 0 N–H and O–H groups in total. The first kappa shape index (κ1) is 15.0. The molecule has 96 valence electrons. The van der Waals surface area contributed by atoms with E-state index in [1.54, 1.807) is 0 Å². The van der Waals surface area contributed by atoms with Gasteiger partial charge in [-0.3, -0.25) is 0 Å². The molecule has 0 amide bonds. The fraction of sp³-hybridized carbons (Fsp3) is 0.571. The average molecular weight is 364 g/mol. The van der Waals surface area contributed by atoms with Crippen molar-refractivity contribution in [3.63, 3.8) is 0 Å². The van der Waals surface area contributed by atoms with Crippen LogP contribution in [0.25, 0.3) is 0 Å². The highest BCUT2D eigenvalue weighted by Gasteiger charge is 2.24. The topological polar surface area (TPSA) is 9.23 Å². The minimum atomic E-state index is 0.257. The van der Waals surface area contributed by atoms with Gasteiger partial charge in [0.15, 0.2) is 0 Å². The van der Waals surface area contributed by atoms with E-state index >= 15 is 0 Å². The predicted octanol–water partition coefficient (Wildman–Crippen LogP) is 5.19. The SMILES string of the molecule is Cc1cc(Br)ccc1OCC(CBr)C(C)(C)C. The Morgan fingerprint density at radius 2 is 1.94 bits per heavy atom. The lowest BCUT2D eigenvalue weighted by atomic mass is 9.83. The van der Waals surface area contributed by atoms with E-state index < -0.39 is 0 Å². The van der Waals surface area contributed by atoms with Gasteiger partial charge in [-0.15, -0.1) is 0 Å². The van der Waals surface area contributed by atoms with Gasteiger partial charge in [-0.05, 0) is 36.1 Å². The van der Waals surface area contributed by atoms with Gasteiger partial charge in [0.1, 0.15) is 5.75 Å². The van der Waals surface area contributed by atoms with Crippen LogP contribution in [0.1, 0.15) is 26.3 Å². The van der Waals surface area contributed by atoms with Crippen LogP contribution in [0.5, 0.6) is 5.75 Å². The van der Waals surface area contributed by atoms with E-state index in [2.05, 4.69) is 65.6 Å². The third-order valence-corrected chi connectivity index (χ3v) is 4.26. The van der Waals surface area contributed by atoms with E-state index in [1.807, 2.05) is 12.1 Å². The van der Waals surface area contributed by atoms with Crippen molar-refractivity contribution in [1.29, 1.82) is 0 Å². The third-order valence-electron chi connectivity index (χ3n) is 2.99. The van der Waals surface area contributed by atoms with Gasteiger partial charge >= 0.3 is 0 Å². The van der Waals surface area contributed by atoms with Crippen LogP contribution in [0, 0.1) is 18.3 Å². The summed E-state index contributed by atoms with van der Waals surface area (Å²) in [4.78, 5) is 0. The summed E-state index contributed by atoms with van der Waals surface area (Å²) in [6, 6.07) is 6.12. The van der Waals surface area contributed by atoms with Gasteiger partial charge in [0.2, 0.25) is 0 Å². The van der Waals surface area contributed by atoms with Gasteiger partial charge in [-0.25, -0.2) is 0 Å². The van der Waals surface area contributed by atoms with Crippen LogP contribution in [0.3, 0.4) is 0 Å². The van der Waals surface area contributed by atoms with Crippen molar-refractivity contribution in [1.82, 2.24) is 0 Å². The lowest BCUT2D eigenvalue weighted by Gasteiger charge is -2.29. The Labute approximate surface area is 121 Å². The molecule has 3 heteroatoms. The summed E-state index contributed by atoms with van der Waals surface area (Å²) < 4.78 is 7.01. The number of hydrogen-bond donors (Lipinski definition) is 0. The highest BCUT2D eigenvalue weighted by molar-refractivity contribution is 9.10. The van der Waals surface area contributed by atoms with Crippen molar-refractivity contribution < 1.29 is 4.74 Å². The van der Waals surface area contributed by atoms with E-state index in [0.29, 0.717) is 5.92 Å². The van der Waals surface area contributed by atoms with Crippen LogP contribution in [0.2, 0.25) is 0 Å². The van der Waals surface area contributed by atoms with E-state index in [-0.39, 0.29) is 5.41 Å². The van der Waals surface area contributed by atoms with Gasteiger partial charge in [0.25, 0.3) is 0 Å². The van der Waals surface area contributed by atoms with E-state index in [9.17, 15) is 0 Å². The molecule has 0 saturated heterocycles. The number of aryl methyl sites for hydroxylation is 1. The predicted molar refractivity (Wildman–Crippen MR) is 81.1 cm³/mol. The molecule has 0 radical (unpaired) electrons. The first-order chi connectivity index (χ1) is 7.84. The molecule has 0 aliphatic carbocycles. The van der Waals surface area contributed by atoms with Crippen LogP contribution in [-0.2, 0) is 0 Å². The highest BCUT2D eigenvalue weighted by atomic mass is 79.9. The molecule has 0 aliphatic rings. The zero-order valence-electron chi connectivity index (χ0n) is 10.9. The van der Waals surface area contributed by atoms with Crippen molar-refractivity contribution in [2.45, 2.75) is 27.7 Å². The Kier molecular flexibility index (Phi) is 5.52. The number of benzene rings is 1. The van der Waals surface area contributed by atoms with Gasteiger partial charge < -0.3 is 4.74 Å². The molecule has 1 nitrogen and oxygen atoms in total. The maximum atomic E-state index is 5.92. The first-order valence-electron chi connectivity index (χ1n) is 5.79. The van der Waals surface area contributed by atoms with Gasteiger partial charge in [-0.1, -0.05) is 52.6 Å². The molecule has 0 fully saturated rings. The molecule has 1 unspecified atom stereocenters. The maximum Gasteiger partial charge on any atom is 0.122 e. The molecule has 0 saturated carbocycles. The van der Waals surface area contributed by atoms with Crippen molar-refractivity contribution in [2.75, 3.05) is 11.9 Å². The summed E-state index contributed by atoms with van der Waals surface area (Å²) in [5.41, 5.74) is 1.42. The van der Waals surface area contributed by atoms with Crippen molar-refractivity contribution in [3.05, 3.63) is 28.2 Å². The molecule has 0 bridgehead atoms. The molecule has 0 aliphatic heterocycles. The highest BCUT2D eigenvalue weighted by Crippen LogP contribution is 2.29. The molecule has 1 rings (SSSR count). The molecule has 0 aromatic heterocycles. The van der Waals surface area contributed by atoms with Crippen LogP contribution >= 0.6 is 31.9 Å². The molecule has 0 heterocycles. The molecular weight excluding hydrogens is 344 g/mol. The number of ether oxygens (including phenoxy) is 1. The Morgan fingerprint density at radius 1 is 1.29 bits per heavy atom. The Balaban J connectivity index is 2.66. The molecule has 17 heavy (non-hydrogen) atoms. The van der Waals surface area contributed by atoms with Gasteiger partial charge in [0.05, 0.1) is 6.61 Å². The van der Waals surface area contributed by atoms with Crippen molar-refractivity contribution >= 4 is 31.9 Å². The molecule has 1 atom stereocenters. The zero-order valence-corrected chi connectivity index (χ0v) is 14.1. The van der Waals surface area contributed by atoms with Crippen LogP contribution in [-0.4, -0.2) is 11.9 Å². The number of halogens is 2.